The van der Waals surface area contributed by atoms with Gasteiger partial charge in [-0.2, -0.15) is 5.10 Å². The van der Waals surface area contributed by atoms with Gasteiger partial charge in [-0.1, -0.05) is 18.2 Å². The van der Waals surface area contributed by atoms with Crippen molar-refractivity contribution in [3.05, 3.63) is 42.1 Å². The summed E-state index contributed by atoms with van der Waals surface area (Å²) in [4.78, 5) is 14.6. The van der Waals surface area contributed by atoms with Crippen molar-refractivity contribution in [2.45, 2.75) is 39.7 Å². The van der Waals surface area contributed by atoms with E-state index in [1.807, 2.05) is 73.7 Å². The molecule has 0 unspecified atom stereocenters. The van der Waals surface area contributed by atoms with Crippen LogP contribution < -0.4 is 10.2 Å². The number of aliphatic hydroxyl groups is 1. The summed E-state index contributed by atoms with van der Waals surface area (Å²) in [5.41, 5.74) is 1.62. The van der Waals surface area contributed by atoms with Gasteiger partial charge in [0.2, 0.25) is 5.91 Å². The highest BCUT2D eigenvalue weighted by molar-refractivity contribution is 5.93. The zero-order chi connectivity index (χ0) is 18.4. The van der Waals surface area contributed by atoms with Gasteiger partial charge in [-0.3, -0.25) is 4.79 Å². The van der Waals surface area contributed by atoms with Gasteiger partial charge < -0.3 is 15.3 Å². The number of nitrogens with zero attached hydrogens (tertiary/aromatic N) is 3. The first kappa shape index (κ1) is 19.0. The molecule has 2 N–H and O–H groups in total. The zero-order valence-electron chi connectivity index (χ0n) is 15.5. The second kappa shape index (κ2) is 8.16. The van der Waals surface area contributed by atoms with Crippen LogP contribution in [0.3, 0.4) is 0 Å². The highest BCUT2D eigenvalue weighted by atomic mass is 16.3. The normalized spacial score (nSPS) is 11.4. The molecule has 0 aliphatic heterocycles. The highest BCUT2D eigenvalue weighted by Crippen LogP contribution is 2.21. The summed E-state index contributed by atoms with van der Waals surface area (Å²) in [5.74, 6) is 0.595. The largest absolute Gasteiger partial charge is 0.396 e. The number of rotatable bonds is 7. The number of benzene rings is 1. The van der Waals surface area contributed by atoms with Crippen LogP contribution in [0.4, 0.5) is 11.5 Å². The number of carbonyl (C=O) groups excluding carboxylic acids is 1. The van der Waals surface area contributed by atoms with Crippen molar-refractivity contribution in [2.24, 2.45) is 0 Å². The van der Waals surface area contributed by atoms with Crippen LogP contribution in [0.5, 0.6) is 0 Å². The SMILES string of the molecule is Cc1cc(NC(=O)CN(CCCO)c2ccccc2)n(C(C)(C)C)n1. The predicted molar refractivity (Wildman–Crippen MR) is 101 cm³/mol. The van der Waals surface area contributed by atoms with Crippen LogP contribution in [-0.4, -0.2) is 40.5 Å². The van der Waals surface area contributed by atoms with Gasteiger partial charge in [0.1, 0.15) is 5.82 Å². The second-order valence-electron chi connectivity index (χ2n) is 7.14. The molecular weight excluding hydrogens is 316 g/mol. The standard InChI is InChI=1S/C19H28N4O2/c1-15-13-17(23(21-15)19(2,3)4)20-18(25)14-22(11-8-12-24)16-9-6-5-7-10-16/h5-7,9-10,13,24H,8,11-12,14H2,1-4H3,(H,20,25). The number of nitrogens with one attached hydrogen (secondary N) is 1. The maximum Gasteiger partial charge on any atom is 0.245 e. The lowest BCUT2D eigenvalue weighted by atomic mass is 10.1. The van der Waals surface area contributed by atoms with Crippen molar-refractivity contribution >= 4 is 17.4 Å². The molecule has 0 saturated carbocycles. The molecule has 6 heteroatoms. The number of aromatic nitrogens is 2. The van der Waals surface area contributed by atoms with Gasteiger partial charge in [0.15, 0.2) is 0 Å². The molecule has 0 bridgehead atoms. The number of hydrogen-bond acceptors (Lipinski definition) is 4. The van der Waals surface area contributed by atoms with E-state index in [9.17, 15) is 4.79 Å². The van der Waals surface area contributed by atoms with E-state index in [-0.39, 0.29) is 24.6 Å². The molecule has 0 aliphatic carbocycles. The number of amides is 1. The first-order valence-electron chi connectivity index (χ1n) is 8.59. The van der Waals surface area contributed by atoms with Crippen LogP contribution in [0.25, 0.3) is 0 Å². The van der Waals surface area contributed by atoms with E-state index in [4.69, 9.17) is 5.11 Å². The van der Waals surface area contributed by atoms with Crippen molar-refractivity contribution in [2.75, 3.05) is 29.9 Å². The minimum Gasteiger partial charge on any atom is -0.396 e. The molecule has 136 valence electrons. The number of carbonyl (C=O) groups is 1. The monoisotopic (exact) mass is 344 g/mol. The lowest BCUT2D eigenvalue weighted by molar-refractivity contribution is -0.115. The molecule has 25 heavy (non-hydrogen) atoms. The predicted octanol–water partition coefficient (Wildman–Crippen LogP) is 2.77. The van der Waals surface area contributed by atoms with Crippen molar-refractivity contribution in [1.29, 1.82) is 0 Å². The Morgan fingerprint density at radius 3 is 2.56 bits per heavy atom. The van der Waals surface area contributed by atoms with Crippen LogP contribution in [0.15, 0.2) is 36.4 Å². The molecule has 0 atom stereocenters. The Morgan fingerprint density at radius 2 is 1.96 bits per heavy atom. The number of hydrogen-bond donors (Lipinski definition) is 2. The molecule has 1 amide bonds. The summed E-state index contributed by atoms with van der Waals surface area (Å²) in [6.07, 6.45) is 0.612. The van der Waals surface area contributed by atoms with Crippen LogP contribution >= 0.6 is 0 Å². The number of aryl methyl sites for hydroxylation is 1. The molecule has 6 nitrogen and oxygen atoms in total. The van der Waals surface area contributed by atoms with Gasteiger partial charge >= 0.3 is 0 Å². The van der Waals surface area contributed by atoms with Crippen LogP contribution in [-0.2, 0) is 10.3 Å². The topological polar surface area (TPSA) is 70.4 Å². The average molecular weight is 344 g/mol. The van der Waals surface area contributed by atoms with Crippen molar-refractivity contribution in [3.8, 4) is 0 Å². The van der Waals surface area contributed by atoms with Crippen LogP contribution in [0.2, 0.25) is 0 Å². The van der Waals surface area contributed by atoms with E-state index in [1.54, 1.807) is 0 Å². The van der Waals surface area contributed by atoms with E-state index in [1.165, 1.54) is 0 Å². The summed E-state index contributed by atoms with van der Waals surface area (Å²) >= 11 is 0. The quantitative estimate of drug-likeness (QED) is 0.810. The fraction of sp³-hybridized carbons (Fsp3) is 0.474. The zero-order valence-corrected chi connectivity index (χ0v) is 15.5. The summed E-state index contributed by atoms with van der Waals surface area (Å²) in [6, 6.07) is 11.6. The molecule has 2 aromatic rings. The smallest absolute Gasteiger partial charge is 0.245 e. The van der Waals surface area contributed by atoms with E-state index in [0.717, 1.165) is 11.4 Å². The first-order valence-corrected chi connectivity index (χ1v) is 8.59. The fourth-order valence-corrected chi connectivity index (χ4v) is 2.66. The number of anilines is 2. The van der Waals surface area contributed by atoms with E-state index in [2.05, 4.69) is 10.4 Å². The maximum absolute atomic E-state index is 12.6. The fourth-order valence-electron chi connectivity index (χ4n) is 2.66. The highest BCUT2D eigenvalue weighted by Gasteiger charge is 2.20. The molecule has 0 saturated heterocycles. The Kier molecular flexibility index (Phi) is 6.20. The molecule has 1 aromatic heterocycles. The van der Waals surface area contributed by atoms with Crippen LogP contribution in [0, 0.1) is 6.92 Å². The maximum atomic E-state index is 12.6. The van der Waals surface area contributed by atoms with E-state index >= 15 is 0 Å². The van der Waals surface area contributed by atoms with Crippen molar-refractivity contribution < 1.29 is 9.90 Å². The Labute approximate surface area is 149 Å². The van der Waals surface area contributed by atoms with E-state index in [0.29, 0.717) is 18.8 Å². The second-order valence-corrected chi connectivity index (χ2v) is 7.14. The average Bonchev–Trinajstić information content (AvgIpc) is 2.93. The molecule has 1 heterocycles. The lowest BCUT2D eigenvalue weighted by Crippen LogP contribution is -2.35. The van der Waals surface area contributed by atoms with E-state index < -0.39 is 0 Å². The summed E-state index contributed by atoms with van der Waals surface area (Å²) in [5, 5.41) is 16.6. The van der Waals surface area contributed by atoms with Gasteiger partial charge in [-0.15, -0.1) is 0 Å². The molecule has 0 spiro atoms. The van der Waals surface area contributed by atoms with Gasteiger partial charge in [0.25, 0.3) is 0 Å². The van der Waals surface area contributed by atoms with Crippen molar-refractivity contribution in [3.63, 3.8) is 0 Å². The Balaban J connectivity index is 2.12. The molecule has 2 rings (SSSR count). The summed E-state index contributed by atoms with van der Waals surface area (Å²) < 4.78 is 1.83. The molecule has 0 radical (unpaired) electrons. The van der Waals surface area contributed by atoms with Crippen LogP contribution in [0.1, 0.15) is 32.9 Å². The van der Waals surface area contributed by atoms with Gasteiger partial charge in [-0.25, -0.2) is 4.68 Å². The Morgan fingerprint density at radius 1 is 1.28 bits per heavy atom. The number of aliphatic hydroxyl groups excluding tert-OH is 1. The Bertz CT molecular complexity index is 689. The lowest BCUT2D eigenvalue weighted by Gasteiger charge is -2.25. The molecular formula is C19H28N4O2. The minimum atomic E-state index is -0.215. The van der Waals surface area contributed by atoms with Crippen molar-refractivity contribution in [1.82, 2.24) is 9.78 Å². The van der Waals surface area contributed by atoms with Gasteiger partial charge in [-0.05, 0) is 46.2 Å². The van der Waals surface area contributed by atoms with Gasteiger partial charge in [0.05, 0.1) is 17.8 Å². The third-order valence-corrected chi connectivity index (χ3v) is 3.78. The minimum absolute atomic E-state index is 0.0982. The third-order valence-electron chi connectivity index (χ3n) is 3.78. The molecule has 0 aliphatic rings. The number of para-hydroxylation sites is 1. The van der Waals surface area contributed by atoms with Gasteiger partial charge in [0, 0.05) is 24.9 Å². The molecule has 1 aromatic carbocycles. The first-order chi connectivity index (χ1) is 11.8. The molecule has 0 fully saturated rings. The summed E-state index contributed by atoms with van der Waals surface area (Å²) in [7, 11) is 0. The Hall–Kier alpha value is -2.34. The third kappa shape index (κ3) is 5.32. The summed E-state index contributed by atoms with van der Waals surface area (Å²) in [6.45, 7) is 8.99.